The van der Waals surface area contributed by atoms with Gasteiger partial charge in [0.1, 0.15) is 17.9 Å². The number of nitrogens with two attached hydrogens (primary N) is 1. The molecule has 1 aliphatic rings. The number of nitrogens with zero attached hydrogens (tertiary/aromatic N) is 3. The first-order valence-corrected chi connectivity index (χ1v) is 9.68. The summed E-state index contributed by atoms with van der Waals surface area (Å²) in [5.74, 6) is -2.93. The Labute approximate surface area is 171 Å². The maximum atomic E-state index is 14.0. The van der Waals surface area contributed by atoms with Gasteiger partial charge in [-0.05, 0) is 57.1 Å². The lowest BCUT2D eigenvalue weighted by Crippen LogP contribution is -2.32. The number of fused-ring (bicyclic) bond motifs is 1. The maximum Gasteiger partial charge on any atom is 0.196 e. The summed E-state index contributed by atoms with van der Waals surface area (Å²) in [5.41, 5.74) is 6.84. The molecule has 6 nitrogen and oxygen atoms in total. The summed E-state index contributed by atoms with van der Waals surface area (Å²) in [6, 6.07) is 5.27. The molecule has 0 unspecified atom stereocenters. The van der Waals surface area contributed by atoms with E-state index in [0.29, 0.717) is 34.9 Å². The van der Waals surface area contributed by atoms with Crippen LogP contribution in [0.3, 0.4) is 0 Å². The summed E-state index contributed by atoms with van der Waals surface area (Å²) in [6.07, 6.45) is 3.43. The van der Waals surface area contributed by atoms with Crippen molar-refractivity contribution in [1.82, 2.24) is 14.9 Å². The third kappa shape index (κ3) is 4.11. The third-order valence-corrected chi connectivity index (χ3v) is 5.37. The van der Waals surface area contributed by atoms with Crippen LogP contribution in [0.25, 0.3) is 10.9 Å². The minimum absolute atomic E-state index is 0.221. The van der Waals surface area contributed by atoms with E-state index < -0.39 is 17.5 Å². The van der Waals surface area contributed by atoms with Crippen LogP contribution < -0.4 is 15.8 Å². The van der Waals surface area contributed by atoms with E-state index in [2.05, 4.69) is 27.2 Å². The minimum Gasteiger partial charge on any atom is -0.491 e. The Morgan fingerprint density at radius 2 is 1.90 bits per heavy atom. The minimum atomic E-state index is -1.55. The first-order valence-electron chi connectivity index (χ1n) is 9.68. The summed E-state index contributed by atoms with van der Waals surface area (Å²) in [6.45, 7) is 2.66. The van der Waals surface area contributed by atoms with Crippen LogP contribution in [0.5, 0.6) is 5.75 Å². The molecule has 3 aromatic rings. The van der Waals surface area contributed by atoms with Gasteiger partial charge < -0.3 is 20.7 Å². The van der Waals surface area contributed by atoms with Crippen LogP contribution in [0.1, 0.15) is 12.8 Å². The van der Waals surface area contributed by atoms with Gasteiger partial charge in [0.25, 0.3) is 0 Å². The van der Waals surface area contributed by atoms with Gasteiger partial charge >= 0.3 is 0 Å². The van der Waals surface area contributed by atoms with Crippen LogP contribution >= 0.6 is 0 Å². The number of ether oxygens (including phenoxy) is 1. The number of nitrogen functional groups attached to an aromatic ring is 1. The van der Waals surface area contributed by atoms with Crippen molar-refractivity contribution < 1.29 is 17.9 Å². The number of nitrogens with one attached hydrogen (secondary N) is 1. The van der Waals surface area contributed by atoms with E-state index in [1.54, 1.807) is 12.1 Å². The molecule has 2 aromatic carbocycles. The average Bonchev–Trinajstić information content (AvgIpc) is 2.74. The highest BCUT2D eigenvalue weighted by molar-refractivity contribution is 5.94. The van der Waals surface area contributed by atoms with Crippen LogP contribution in [0.4, 0.5) is 30.4 Å². The molecule has 0 spiro atoms. The Morgan fingerprint density at radius 3 is 2.67 bits per heavy atom. The fourth-order valence-corrected chi connectivity index (χ4v) is 3.51. The summed E-state index contributed by atoms with van der Waals surface area (Å²) >= 11 is 0. The van der Waals surface area contributed by atoms with E-state index in [0.717, 1.165) is 38.1 Å². The molecule has 0 atom stereocenters. The number of benzene rings is 2. The number of likely N-dealkylation sites (tertiary alicyclic amines) is 1. The van der Waals surface area contributed by atoms with Gasteiger partial charge in [0.05, 0.1) is 23.5 Å². The molecule has 0 aliphatic carbocycles. The first-order chi connectivity index (χ1) is 14.4. The Kier molecular flexibility index (Phi) is 5.63. The largest absolute Gasteiger partial charge is 0.491 e. The summed E-state index contributed by atoms with van der Waals surface area (Å²) < 4.78 is 46.7. The van der Waals surface area contributed by atoms with Gasteiger partial charge in [-0.15, -0.1) is 0 Å². The second-order valence-electron chi connectivity index (χ2n) is 7.54. The van der Waals surface area contributed by atoms with Crippen molar-refractivity contribution in [1.29, 1.82) is 0 Å². The molecule has 0 bridgehead atoms. The molecular weight excluding hydrogens is 395 g/mol. The Balaban J connectivity index is 1.57. The van der Waals surface area contributed by atoms with Gasteiger partial charge in [0.2, 0.25) is 0 Å². The quantitative estimate of drug-likeness (QED) is 0.481. The van der Waals surface area contributed by atoms with Crippen molar-refractivity contribution in [2.24, 2.45) is 5.92 Å². The van der Waals surface area contributed by atoms with Gasteiger partial charge in [0, 0.05) is 11.5 Å². The van der Waals surface area contributed by atoms with E-state index >= 15 is 0 Å². The predicted octanol–water partition coefficient (Wildman–Crippen LogP) is 4.09. The molecule has 2 heterocycles. The van der Waals surface area contributed by atoms with Gasteiger partial charge in [-0.2, -0.15) is 0 Å². The monoisotopic (exact) mass is 417 g/mol. The van der Waals surface area contributed by atoms with Gasteiger partial charge in [-0.1, -0.05) is 0 Å². The van der Waals surface area contributed by atoms with E-state index in [1.807, 2.05) is 0 Å². The number of rotatable bonds is 5. The second-order valence-corrected chi connectivity index (χ2v) is 7.54. The molecule has 158 valence electrons. The van der Waals surface area contributed by atoms with Crippen LogP contribution in [0, 0.1) is 23.4 Å². The normalized spacial score (nSPS) is 15.5. The van der Waals surface area contributed by atoms with Crippen LogP contribution in [-0.4, -0.2) is 41.6 Å². The Morgan fingerprint density at radius 1 is 1.13 bits per heavy atom. The zero-order chi connectivity index (χ0) is 21.3. The summed E-state index contributed by atoms with van der Waals surface area (Å²) in [4.78, 5) is 10.6. The second kappa shape index (κ2) is 8.35. The molecule has 9 heteroatoms. The fraction of sp³-hybridized carbons (Fsp3) is 0.333. The predicted molar refractivity (Wildman–Crippen MR) is 109 cm³/mol. The molecular formula is C21H22F3N5O. The Hall–Kier alpha value is -3.07. The van der Waals surface area contributed by atoms with Gasteiger partial charge in [-0.3, -0.25) is 0 Å². The van der Waals surface area contributed by atoms with Crippen LogP contribution in [0.15, 0.2) is 30.6 Å². The first kappa shape index (κ1) is 20.2. The van der Waals surface area contributed by atoms with Crippen molar-refractivity contribution >= 4 is 28.1 Å². The van der Waals surface area contributed by atoms with Crippen molar-refractivity contribution in [3.8, 4) is 5.75 Å². The molecule has 0 amide bonds. The smallest absolute Gasteiger partial charge is 0.196 e. The maximum absolute atomic E-state index is 14.0. The van der Waals surface area contributed by atoms with Crippen molar-refractivity contribution in [3.05, 3.63) is 48.0 Å². The van der Waals surface area contributed by atoms with Crippen molar-refractivity contribution in [2.45, 2.75) is 12.8 Å². The summed E-state index contributed by atoms with van der Waals surface area (Å²) in [5, 5.41) is 3.19. The van der Waals surface area contributed by atoms with E-state index in [9.17, 15) is 13.2 Å². The van der Waals surface area contributed by atoms with Gasteiger partial charge in [-0.25, -0.2) is 23.1 Å². The summed E-state index contributed by atoms with van der Waals surface area (Å²) in [7, 11) is 2.11. The van der Waals surface area contributed by atoms with Crippen LogP contribution in [-0.2, 0) is 0 Å². The lowest BCUT2D eigenvalue weighted by molar-refractivity contribution is 0.160. The van der Waals surface area contributed by atoms with Gasteiger partial charge in [0.15, 0.2) is 17.5 Å². The molecule has 4 rings (SSSR count). The molecule has 1 fully saturated rings. The fourth-order valence-electron chi connectivity index (χ4n) is 3.51. The molecule has 0 radical (unpaired) electrons. The number of hydrogen-bond acceptors (Lipinski definition) is 6. The third-order valence-electron chi connectivity index (χ3n) is 5.37. The molecule has 1 aromatic heterocycles. The number of halogens is 3. The van der Waals surface area contributed by atoms with E-state index in [4.69, 9.17) is 10.5 Å². The van der Waals surface area contributed by atoms with E-state index in [-0.39, 0.29) is 11.5 Å². The van der Waals surface area contributed by atoms with Crippen molar-refractivity contribution in [2.75, 3.05) is 37.8 Å². The van der Waals surface area contributed by atoms with Crippen LogP contribution in [0.2, 0.25) is 0 Å². The highest BCUT2D eigenvalue weighted by Gasteiger charge is 2.19. The highest BCUT2D eigenvalue weighted by Crippen LogP contribution is 2.33. The molecule has 30 heavy (non-hydrogen) atoms. The van der Waals surface area contributed by atoms with Crippen molar-refractivity contribution in [3.63, 3.8) is 0 Å². The Bertz CT molecular complexity index is 1070. The molecule has 1 aliphatic heterocycles. The number of hydrogen-bond donors (Lipinski definition) is 2. The SMILES string of the molecule is CN1CCC(COc2cc3ncnc(Nc4ccc(F)c(F)c4F)c3cc2N)CC1. The zero-order valence-electron chi connectivity index (χ0n) is 16.5. The highest BCUT2D eigenvalue weighted by atomic mass is 19.2. The number of anilines is 3. The topological polar surface area (TPSA) is 76.3 Å². The molecule has 0 saturated carbocycles. The van der Waals surface area contributed by atoms with E-state index in [1.165, 1.54) is 6.33 Å². The lowest BCUT2D eigenvalue weighted by atomic mass is 9.98. The zero-order valence-corrected chi connectivity index (χ0v) is 16.5. The molecule has 3 N–H and O–H groups in total. The molecule has 1 saturated heterocycles. The number of aromatic nitrogens is 2. The standard InChI is InChI=1S/C21H22F3N5O/c1-29-6-4-12(5-7-29)10-30-18-9-17-13(8-15(18)25)21(27-11-26-17)28-16-3-2-14(22)19(23)20(16)24/h2-3,8-9,11-12H,4-7,10,25H2,1H3,(H,26,27,28). The lowest BCUT2D eigenvalue weighted by Gasteiger charge is -2.28. The number of piperidine rings is 1. The average molecular weight is 417 g/mol.